The van der Waals surface area contributed by atoms with E-state index in [-0.39, 0.29) is 5.57 Å². The average Bonchev–Trinajstić information content (AvgIpc) is 2.41. The zero-order valence-corrected chi connectivity index (χ0v) is 6.93. The molecule has 2 aliphatic rings. The molecule has 1 atom stereocenters. The zero-order valence-electron chi connectivity index (χ0n) is 6.11. The first kappa shape index (κ1) is 7.76. The molecule has 0 saturated carbocycles. The van der Waals surface area contributed by atoms with E-state index >= 15 is 0 Å². The number of carbonyl (C=O) groups is 2. The minimum atomic E-state index is -0.758. The highest BCUT2D eigenvalue weighted by atomic mass is 32.2. The molecule has 1 unspecified atom stereocenters. The first-order valence-corrected chi connectivity index (χ1v) is 4.50. The molecule has 12 heavy (non-hydrogen) atoms. The minimum absolute atomic E-state index is 0.285. The SMILES string of the molecule is O=C1C=CC2=C(C1=O)C(O)CS2. The van der Waals surface area contributed by atoms with E-state index in [2.05, 4.69) is 0 Å². The normalized spacial score (nSPS) is 28.2. The Morgan fingerprint density at radius 1 is 1.42 bits per heavy atom. The molecule has 0 amide bonds. The minimum Gasteiger partial charge on any atom is -0.387 e. The second kappa shape index (κ2) is 2.57. The average molecular weight is 182 g/mol. The van der Waals surface area contributed by atoms with Crippen LogP contribution in [0.25, 0.3) is 0 Å². The quantitative estimate of drug-likeness (QED) is 0.425. The summed E-state index contributed by atoms with van der Waals surface area (Å²) in [5.74, 6) is -0.603. The molecule has 0 aromatic carbocycles. The number of aliphatic hydroxyl groups excluding tert-OH is 1. The Kier molecular flexibility index (Phi) is 1.66. The third-order valence-electron chi connectivity index (χ3n) is 1.85. The molecule has 0 bridgehead atoms. The summed E-state index contributed by atoms with van der Waals surface area (Å²) in [6.45, 7) is 0. The number of allylic oxidation sites excluding steroid dienone is 2. The van der Waals surface area contributed by atoms with E-state index in [1.165, 1.54) is 17.8 Å². The number of hydrogen-bond acceptors (Lipinski definition) is 4. The van der Waals surface area contributed by atoms with Gasteiger partial charge in [-0.05, 0) is 12.2 Å². The Morgan fingerprint density at radius 3 is 2.92 bits per heavy atom. The summed E-state index contributed by atoms with van der Waals surface area (Å²) in [5.41, 5.74) is 0.285. The van der Waals surface area contributed by atoms with Gasteiger partial charge in [0.1, 0.15) is 0 Å². The molecule has 1 aliphatic carbocycles. The molecule has 0 saturated heterocycles. The van der Waals surface area contributed by atoms with Gasteiger partial charge in [0.2, 0.25) is 11.6 Å². The van der Waals surface area contributed by atoms with E-state index in [9.17, 15) is 14.7 Å². The van der Waals surface area contributed by atoms with E-state index in [0.717, 1.165) is 4.91 Å². The summed E-state index contributed by atoms with van der Waals surface area (Å²) in [6, 6.07) is 0. The van der Waals surface area contributed by atoms with Crippen molar-refractivity contribution in [3.8, 4) is 0 Å². The van der Waals surface area contributed by atoms with Crippen molar-refractivity contribution < 1.29 is 14.7 Å². The Labute approximate surface area is 73.1 Å². The standard InChI is InChI=1S/C8H6O3S/c9-4-1-2-6-7(8(4)11)5(10)3-12-6/h1-2,5,10H,3H2. The monoisotopic (exact) mass is 182 g/mol. The summed E-state index contributed by atoms with van der Waals surface area (Å²) < 4.78 is 0. The van der Waals surface area contributed by atoms with Gasteiger partial charge in [0.05, 0.1) is 6.10 Å². The van der Waals surface area contributed by atoms with E-state index in [1.54, 1.807) is 6.08 Å². The molecule has 1 aliphatic heterocycles. The van der Waals surface area contributed by atoms with Gasteiger partial charge in [-0.2, -0.15) is 0 Å². The highest BCUT2D eigenvalue weighted by molar-refractivity contribution is 8.03. The van der Waals surface area contributed by atoms with Crippen LogP contribution in [0, 0.1) is 0 Å². The lowest BCUT2D eigenvalue weighted by Crippen LogP contribution is -2.24. The maximum absolute atomic E-state index is 11.2. The van der Waals surface area contributed by atoms with Crippen molar-refractivity contribution in [1.82, 2.24) is 0 Å². The second-order valence-corrected chi connectivity index (χ2v) is 3.69. The van der Waals surface area contributed by atoms with Gasteiger partial charge in [0.25, 0.3) is 0 Å². The lowest BCUT2D eigenvalue weighted by molar-refractivity contribution is -0.132. The fourth-order valence-electron chi connectivity index (χ4n) is 1.25. The van der Waals surface area contributed by atoms with Crippen LogP contribution in [0.3, 0.4) is 0 Å². The molecule has 1 N–H and O–H groups in total. The number of carbonyl (C=O) groups excluding carboxylic acids is 2. The molecule has 0 aromatic rings. The number of rotatable bonds is 0. The third kappa shape index (κ3) is 0.956. The first-order chi connectivity index (χ1) is 5.70. The topological polar surface area (TPSA) is 54.4 Å². The van der Waals surface area contributed by atoms with Crippen molar-refractivity contribution in [2.24, 2.45) is 0 Å². The Morgan fingerprint density at radius 2 is 2.17 bits per heavy atom. The van der Waals surface area contributed by atoms with Gasteiger partial charge in [-0.15, -0.1) is 11.8 Å². The summed E-state index contributed by atoms with van der Waals surface area (Å²) in [5, 5.41) is 9.33. The molecule has 1 heterocycles. The van der Waals surface area contributed by atoms with Crippen LogP contribution in [0.1, 0.15) is 0 Å². The number of aliphatic hydroxyl groups is 1. The predicted octanol–water partition coefficient (Wildman–Crippen LogP) is 0.0562. The van der Waals surface area contributed by atoms with Crippen LogP contribution in [-0.2, 0) is 9.59 Å². The molecular formula is C8H6O3S. The van der Waals surface area contributed by atoms with Crippen molar-refractivity contribution in [1.29, 1.82) is 0 Å². The van der Waals surface area contributed by atoms with Crippen molar-refractivity contribution in [2.45, 2.75) is 6.10 Å². The number of thioether (sulfide) groups is 1. The molecule has 0 spiro atoms. The smallest absolute Gasteiger partial charge is 0.232 e. The van der Waals surface area contributed by atoms with Crippen LogP contribution in [0.2, 0.25) is 0 Å². The molecule has 3 nitrogen and oxygen atoms in total. The van der Waals surface area contributed by atoms with Gasteiger partial charge in [-0.1, -0.05) is 0 Å². The molecule has 0 radical (unpaired) electrons. The number of Topliss-reactive ketones (excluding diaryl/α,β-unsaturated/α-hetero) is 1. The van der Waals surface area contributed by atoms with Gasteiger partial charge >= 0.3 is 0 Å². The van der Waals surface area contributed by atoms with Gasteiger partial charge in [0, 0.05) is 16.2 Å². The first-order valence-electron chi connectivity index (χ1n) is 3.52. The van der Waals surface area contributed by atoms with Crippen molar-refractivity contribution in [3.05, 3.63) is 22.6 Å². The third-order valence-corrected chi connectivity index (χ3v) is 3.00. The Bertz CT molecular complexity index is 327. The molecule has 0 fully saturated rings. The van der Waals surface area contributed by atoms with Crippen LogP contribution in [-0.4, -0.2) is 28.5 Å². The molecule has 0 aromatic heterocycles. The molecule has 62 valence electrons. The second-order valence-electron chi connectivity index (χ2n) is 2.63. The highest BCUT2D eigenvalue weighted by Crippen LogP contribution is 2.35. The summed E-state index contributed by atoms with van der Waals surface area (Å²) >= 11 is 1.41. The molecule has 4 heteroatoms. The maximum atomic E-state index is 11.2. The van der Waals surface area contributed by atoms with Crippen molar-refractivity contribution >= 4 is 23.3 Å². The summed E-state index contributed by atoms with van der Waals surface area (Å²) in [4.78, 5) is 22.8. The summed E-state index contributed by atoms with van der Waals surface area (Å²) in [6.07, 6.45) is 2.10. The van der Waals surface area contributed by atoms with E-state index in [1.807, 2.05) is 0 Å². The van der Waals surface area contributed by atoms with Crippen LogP contribution in [0.15, 0.2) is 22.6 Å². The Balaban J connectivity index is 2.47. The van der Waals surface area contributed by atoms with Crippen LogP contribution in [0.5, 0.6) is 0 Å². The number of hydrogen-bond donors (Lipinski definition) is 1. The largest absolute Gasteiger partial charge is 0.387 e. The predicted molar refractivity (Wildman–Crippen MR) is 44.6 cm³/mol. The van der Waals surface area contributed by atoms with Gasteiger partial charge < -0.3 is 5.11 Å². The highest BCUT2D eigenvalue weighted by Gasteiger charge is 2.33. The van der Waals surface area contributed by atoms with E-state index in [0.29, 0.717) is 5.75 Å². The van der Waals surface area contributed by atoms with E-state index < -0.39 is 17.7 Å². The number of ketones is 2. The van der Waals surface area contributed by atoms with Crippen LogP contribution < -0.4 is 0 Å². The maximum Gasteiger partial charge on any atom is 0.232 e. The zero-order chi connectivity index (χ0) is 8.72. The van der Waals surface area contributed by atoms with Gasteiger partial charge in [-0.25, -0.2) is 0 Å². The van der Waals surface area contributed by atoms with Crippen LogP contribution in [0.4, 0.5) is 0 Å². The molecular weight excluding hydrogens is 176 g/mol. The summed E-state index contributed by atoms with van der Waals surface area (Å²) in [7, 11) is 0. The van der Waals surface area contributed by atoms with Crippen molar-refractivity contribution in [2.75, 3.05) is 5.75 Å². The molecule has 2 rings (SSSR count). The van der Waals surface area contributed by atoms with Gasteiger partial charge in [-0.3, -0.25) is 9.59 Å². The lowest BCUT2D eigenvalue weighted by Gasteiger charge is -2.07. The lowest BCUT2D eigenvalue weighted by atomic mass is 9.98. The van der Waals surface area contributed by atoms with Crippen molar-refractivity contribution in [3.63, 3.8) is 0 Å². The van der Waals surface area contributed by atoms with Crippen LogP contribution >= 0.6 is 11.8 Å². The van der Waals surface area contributed by atoms with Gasteiger partial charge in [0.15, 0.2) is 0 Å². The van der Waals surface area contributed by atoms with E-state index in [4.69, 9.17) is 0 Å². The fourth-order valence-corrected chi connectivity index (χ4v) is 2.31. The Hall–Kier alpha value is -0.870. The fraction of sp³-hybridized carbons (Fsp3) is 0.250.